The number of nitrogens with zero attached hydrogens (tertiary/aromatic N) is 3. The zero-order valence-corrected chi connectivity index (χ0v) is 19.2. The van der Waals surface area contributed by atoms with Gasteiger partial charge in [0.05, 0.1) is 5.69 Å². The van der Waals surface area contributed by atoms with Gasteiger partial charge in [0, 0.05) is 29.2 Å². The number of rotatable bonds is 6. The van der Waals surface area contributed by atoms with Gasteiger partial charge in [-0.25, -0.2) is 15.0 Å². The van der Waals surface area contributed by atoms with E-state index in [9.17, 15) is 4.79 Å². The standard InChI is InChI=1S/C25H26N6OS/c1-33-25-28-13-19(14-29-25)21-12-18-8-11-27-22(15-32)23(18)24(31-21)30-20-4-2-16(3-5-20)17-6-9-26-10-7-17/h2-5,8,11-15,17,22,26-27H,6-7,9-10H2,1H3,(H,30,31). The van der Waals surface area contributed by atoms with Crippen molar-refractivity contribution in [1.29, 1.82) is 0 Å². The normalized spacial score (nSPS) is 17.8. The summed E-state index contributed by atoms with van der Waals surface area (Å²) in [4.78, 5) is 25.4. The lowest BCUT2D eigenvalue weighted by Gasteiger charge is -2.24. The van der Waals surface area contributed by atoms with Crippen LogP contribution < -0.4 is 16.0 Å². The molecule has 0 saturated carbocycles. The number of carbonyl (C=O) groups excluding carboxylic acids is 1. The van der Waals surface area contributed by atoms with Crippen LogP contribution in [-0.4, -0.2) is 40.6 Å². The Labute approximate surface area is 197 Å². The Morgan fingerprint density at radius 1 is 1.12 bits per heavy atom. The number of carbonyl (C=O) groups is 1. The molecule has 7 nitrogen and oxygen atoms in total. The molecule has 2 aromatic heterocycles. The van der Waals surface area contributed by atoms with Crippen LogP contribution in [0.25, 0.3) is 17.3 Å². The summed E-state index contributed by atoms with van der Waals surface area (Å²) in [5, 5.41) is 10.7. The largest absolute Gasteiger partial charge is 0.378 e. The summed E-state index contributed by atoms with van der Waals surface area (Å²) in [7, 11) is 0. The van der Waals surface area contributed by atoms with E-state index < -0.39 is 6.04 Å². The molecule has 2 aliphatic heterocycles. The number of aldehydes is 1. The summed E-state index contributed by atoms with van der Waals surface area (Å²) in [6, 6.07) is 10.1. The van der Waals surface area contributed by atoms with Crippen LogP contribution in [0.1, 0.15) is 41.5 Å². The number of thioether (sulfide) groups is 1. The number of pyridine rings is 1. The summed E-state index contributed by atoms with van der Waals surface area (Å²) < 4.78 is 0. The average Bonchev–Trinajstić information content (AvgIpc) is 2.89. The Hall–Kier alpha value is -3.23. The third kappa shape index (κ3) is 4.62. The van der Waals surface area contributed by atoms with Crippen molar-refractivity contribution in [2.45, 2.75) is 30.0 Å². The van der Waals surface area contributed by atoms with Crippen LogP contribution in [0.3, 0.4) is 0 Å². The second-order valence-corrected chi connectivity index (χ2v) is 8.98. The molecule has 168 valence electrons. The molecule has 3 N–H and O–H groups in total. The maximum absolute atomic E-state index is 11.8. The Bertz CT molecular complexity index is 1160. The first-order valence-electron chi connectivity index (χ1n) is 11.1. The molecule has 0 amide bonds. The SMILES string of the molecule is CSc1ncc(-c2cc3c(c(Nc4ccc(C5CCNCC5)cc4)n2)C(C=O)NC=C3)cn1. The van der Waals surface area contributed by atoms with Gasteiger partial charge in [-0.3, -0.25) is 0 Å². The molecule has 1 saturated heterocycles. The van der Waals surface area contributed by atoms with Gasteiger partial charge < -0.3 is 20.7 Å². The predicted molar refractivity (Wildman–Crippen MR) is 133 cm³/mol. The molecule has 0 radical (unpaired) electrons. The number of benzene rings is 1. The predicted octanol–water partition coefficient (Wildman–Crippen LogP) is 4.29. The molecule has 1 unspecified atom stereocenters. The van der Waals surface area contributed by atoms with Crippen molar-refractivity contribution in [3.05, 3.63) is 65.6 Å². The van der Waals surface area contributed by atoms with Crippen molar-refractivity contribution >= 4 is 35.6 Å². The van der Waals surface area contributed by atoms with E-state index in [-0.39, 0.29) is 0 Å². The number of aromatic nitrogens is 3. The zero-order valence-electron chi connectivity index (χ0n) is 18.4. The number of fused-ring (bicyclic) bond motifs is 1. The molecule has 1 atom stereocenters. The van der Waals surface area contributed by atoms with Gasteiger partial charge in [-0.05, 0) is 79.7 Å². The number of piperidine rings is 1. The zero-order chi connectivity index (χ0) is 22.6. The fourth-order valence-electron chi connectivity index (χ4n) is 4.40. The van der Waals surface area contributed by atoms with E-state index in [1.165, 1.54) is 30.2 Å². The minimum atomic E-state index is -0.460. The Morgan fingerprint density at radius 3 is 2.58 bits per heavy atom. The highest BCUT2D eigenvalue weighted by atomic mass is 32.2. The summed E-state index contributed by atoms with van der Waals surface area (Å²) >= 11 is 1.50. The first-order chi connectivity index (χ1) is 16.2. The van der Waals surface area contributed by atoms with Crippen LogP contribution >= 0.6 is 11.8 Å². The molecule has 5 rings (SSSR count). The van der Waals surface area contributed by atoms with Crippen molar-refractivity contribution in [2.75, 3.05) is 24.7 Å². The van der Waals surface area contributed by atoms with Gasteiger partial charge in [-0.15, -0.1) is 0 Å². The van der Waals surface area contributed by atoms with Gasteiger partial charge in [-0.1, -0.05) is 23.9 Å². The highest BCUT2D eigenvalue weighted by molar-refractivity contribution is 7.98. The van der Waals surface area contributed by atoms with Gasteiger partial charge in [0.25, 0.3) is 0 Å². The number of nitrogens with one attached hydrogen (secondary N) is 3. The number of hydrogen-bond acceptors (Lipinski definition) is 8. The summed E-state index contributed by atoms with van der Waals surface area (Å²) in [5.41, 5.74) is 5.67. The van der Waals surface area contributed by atoms with Crippen LogP contribution in [-0.2, 0) is 4.79 Å². The lowest BCUT2D eigenvalue weighted by Crippen LogP contribution is -2.26. The molecule has 4 heterocycles. The Morgan fingerprint density at radius 2 is 1.88 bits per heavy atom. The third-order valence-corrected chi connectivity index (χ3v) is 6.74. The average molecular weight is 459 g/mol. The van der Waals surface area contributed by atoms with E-state index in [0.717, 1.165) is 47.4 Å². The van der Waals surface area contributed by atoms with Crippen LogP contribution in [0.15, 0.2) is 54.1 Å². The minimum Gasteiger partial charge on any atom is -0.378 e. The van der Waals surface area contributed by atoms with E-state index in [1.54, 1.807) is 18.6 Å². The molecule has 0 spiro atoms. The monoisotopic (exact) mass is 458 g/mol. The molecule has 1 aromatic carbocycles. The second-order valence-electron chi connectivity index (χ2n) is 8.20. The van der Waals surface area contributed by atoms with Crippen molar-refractivity contribution in [3.8, 4) is 11.3 Å². The maximum atomic E-state index is 11.8. The number of anilines is 2. The van der Waals surface area contributed by atoms with Gasteiger partial charge in [0.15, 0.2) is 5.16 Å². The van der Waals surface area contributed by atoms with Gasteiger partial charge in [-0.2, -0.15) is 0 Å². The lowest BCUT2D eigenvalue weighted by atomic mass is 9.90. The molecular formula is C25H26N6OS. The van der Waals surface area contributed by atoms with E-state index in [4.69, 9.17) is 4.98 Å². The second kappa shape index (κ2) is 9.72. The van der Waals surface area contributed by atoms with Crippen molar-refractivity contribution in [2.24, 2.45) is 0 Å². The van der Waals surface area contributed by atoms with E-state index in [0.29, 0.717) is 16.9 Å². The lowest BCUT2D eigenvalue weighted by molar-refractivity contribution is -0.109. The third-order valence-electron chi connectivity index (χ3n) is 6.17. The van der Waals surface area contributed by atoms with E-state index in [2.05, 4.69) is 50.2 Å². The summed E-state index contributed by atoms with van der Waals surface area (Å²) in [6.07, 6.45) is 12.5. The minimum absolute atomic E-state index is 0.460. The highest BCUT2D eigenvalue weighted by Gasteiger charge is 2.23. The topological polar surface area (TPSA) is 91.8 Å². The van der Waals surface area contributed by atoms with Crippen LogP contribution in [0.4, 0.5) is 11.5 Å². The molecule has 3 aromatic rings. The molecule has 8 heteroatoms. The Balaban J connectivity index is 1.49. The van der Waals surface area contributed by atoms with Crippen LogP contribution in [0, 0.1) is 0 Å². The van der Waals surface area contributed by atoms with Crippen molar-refractivity contribution in [3.63, 3.8) is 0 Å². The fraction of sp³-hybridized carbons (Fsp3) is 0.280. The first-order valence-corrected chi connectivity index (χ1v) is 12.3. The van der Waals surface area contributed by atoms with Crippen molar-refractivity contribution in [1.82, 2.24) is 25.6 Å². The highest BCUT2D eigenvalue weighted by Crippen LogP contribution is 2.34. The Kier molecular flexibility index (Phi) is 6.37. The molecule has 0 aliphatic carbocycles. The molecular weight excluding hydrogens is 432 g/mol. The molecule has 0 bridgehead atoms. The maximum Gasteiger partial charge on any atom is 0.187 e. The van der Waals surface area contributed by atoms with Gasteiger partial charge in [0.2, 0.25) is 0 Å². The van der Waals surface area contributed by atoms with Crippen LogP contribution in [0.5, 0.6) is 0 Å². The molecule has 33 heavy (non-hydrogen) atoms. The van der Waals surface area contributed by atoms with Gasteiger partial charge in [0.1, 0.15) is 18.1 Å². The van der Waals surface area contributed by atoms with E-state index >= 15 is 0 Å². The molecule has 1 fully saturated rings. The quantitative estimate of drug-likeness (QED) is 0.286. The van der Waals surface area contributed by atoms with Crippen molar-refractivity contribution < 1.29 is 4.79 Å². The fourth-order valence-corrected chi connectivity index (χ4v) is 4.72. The van der Waals surface area contributed by atoms with Gasteiger partial charge >= 0.3 is 0 Å². The number of hydrogen-bond donors (Lipinski definition) is 3. The first kappa shape index (κ1) is 21.6. The van der Waals surface area contributed by atoms with E-state index in [1.807, 2.05) is 18.4 Å². The summed E-state index contributed by atoms with van der Waals surface area (Å²) in [5.74, 6) is 1.26. The smallest absolute Gasteiger partial charge is 0.187 e. The molecule has 2 aliphatic rings. The van der Waals surface area contributed by atoms with Crippen LogP contribution in [0.2, 0.25) is 0 Å². The summed E-state index contributed by atoms with van der Waals surface area (Å²) in [6.45, 7) is 2.14.